The number of aromatic nitrogens is 4. The van der Waals surface area contributed by atoms with Crippen molar-refractivity contribution >= 4 is 38.9 Å². The van der Waals surface area contributed by atoms with Crippen LogP contribution in [0.25, 0.3) is 5.69 Å². The Morgan fingerprint density at radius 2 is 1.96 bits per heavy atom. The van der Waals surface area contributed by atoms with Crippen LogP contribution in [0.3, 0.4) is 0 Å². The van der Waals surface area contributed by atoms with Crippen LogP contribution >= 0.6 is 23.2 Å². The predicted octanol–water partition coefficient (Wildman–Crippen LogP) is 3.08. The molecule has 10 heteroatoms. The highest BCUT2D eigenvalue weighted by molar-refractivity contribution is 7.92. The highest BCUT2D eigenvalue weighted by atomic mass is 35.5. The van der Waals surface area contributed by atoms with Gasteiger partial charge in [-0.15, -0.1) is 5.10 Å². The van der Waals surface area contributed by atoms with E-state index in [0.717, 1.165) is 0 Å². The molecule has 0 saturated carbocycles. The van der Waals surface area contributed by atoms with E-state index in [1.54, 1.807) is 25.1 Å². The number of anilines is 1. The standard InChI is InChI=1S/C14H11Cl2N5O2S/c1-9-12(3-2-4-13(9)21-8-17-19-20-21)18-24(22,23)14-7-10(15)5-6-11(14)16/h2-8,18H,1H3. The Hall–Kier alpha value is -2.16. The largest absolute Gasteiger partial charge is 0.279 e. The summed E-state index contributed by atoms with van der Waals surface area (Å²) >= 11 is 11.9. The van der Waals surface area contributed by atoms with Gasteiger partial charge in [0.25, 0.3) is 10.0 Å². The lowest BCUT2D eigenvalue weighted by molar-refractivity contribution is 0.601. The molecule has 124 valence electrons. The number of halogens is 2. The molecule has 0 aliphatic heterocycles. The zero-order chi connectivity index (χ0) is 17.3. The van der Waals surface area contributed by atoms with Crippen LogP contribution in [0.2, 0.25) is 10.0 Å². The fourth-order valence-corrected chi connectivity index (χ4v) is 4.02. The summed E-state index contributed by atoms with van der Waals surface area (Å²) in [4.78, 5) is -0.0936. The van der Waals surface area contributed by atoms with Gasteiger partial charge < -0.3 is 0 Å². The van der Waals surface area contributed by atoms with Crippen LogP contribution in [0.1, 0.15) is 5.56 Å². The number of nitrogens with one attached hydrogen (secondary N) is 1. The maximum atomic E-state index is 12.6. The summed E-state index contributed by atoms with van der Waals surface area (Å²) in [6.07, 6.45) is 1.43. The minimum absolute atomic E-state index is 0.0844. The molecule has 0 bridgehead atoms. The molecule has 0 spiro atoms. The van der Waals surface area contributed by atoms with Crippen LogP contribution in [0.15, 0.2) is 47.6 Å². The van der Waals surface area contributed by atoms with E-state index in [0.29, 0.717) is 16.9 Å². The summed E-state index contributed by atoms with van der Waals surface area (Å²) in [6, 6.07) is 9.36. The Morgan fingerprint density at radius 1 is 1.17 bits per heavy atom. The zero-order valence-electron chi connectivity index (χ0n) is 12.3. The first-order chi connectivity index (χ1) is 11.4. The van der Waals surface area contributed by atoms with Gasteiger partial charge in [-0.1, -0.05) is 29.3 Å². The van der Waals surface area contributed by atoms with E-state index in [4.69, 9.17) is 23.2 Å². The van der Waals surface area contributed by atoms with Gasteiger partial charge in [0.2, 0.25) is 0 Å². The monoisotopic (exact) mass is 383 g/mol. The lowest BCUT2D eigenvalue weighted by Crippen LogP contribution is -2.15. The van der Waals surface area contributed by atoms with Gasteiger partial charge in [0, 0.05) is 5.02 Å². The average Bonchev–Trinajstić information content (AvgIpc) is 3.05. The van der Waals surface area contributed by atoms with Crippen molar-refractivity contribution < 1.29 is 8.42 Å². The van der Waals surface area contributed by atoms with Gasteiger partial charge in [-0.3, -0.25) is 4.72 Å². The Kier molecular flexibility index (Phi) is 4.44. The van der Waals surface area contributed by atoms with E-state index >= 15 is 0 Å². The van der Waals surface area contributed by atoms with Gasteiger partial charge in [-0.05, 0) is 53.2 Å². The molecule has 3 rings (SSSR count). The van der Waals surface area contributed by atoms with Crippen molar-refractivity contribution in [2.24, 2.45) is 0 Å². The quantitative estimate of drug-likeness (QED) is 0.747. The van der Waals surface area contributed by atoms with Crippen molar-refractivity contribution in [2.75, 3.05) is 4.72 Å². The smallest absolute Gasteiger partial charge is 0.263 e. The summed E-state index contributed by atoms with van der Waals surface area (Å²) in [6.45, 7) is 1.76. The van der Waals surface area contributed by atoms with E-state index in [2.05, 4.69) is 20.2 Å². The molecular formula is C14H11Cl2N5O2S. The number of hydrogen-bond acceptors (Lipinski definition) is 5. The number of hydrogen-bond donors (Lipinski definition) is 1. The summed E-state index contributed by atoms with van der Waals surface area (Å²) in [5.41, 5.74) is 1.70. The van der Waals surface area contributed by atoms with Crippen molar-refractivity contribution in [3.63, 3.8) is 0 Å². The maximum absolute atomic E-state index is 12.6. The maximum Gasteiger partial charge on any atom is 0.263 e. The van der Waals surface area contributed by atoms with Crippen LogP contribution in [0.5, 0.6) is 0 Å². The predicted molar refractivity (Wildman–Crippen MR) is 91.2 cm³/mol. The normalized spacial score (nSPS) is 11.5. The Balaban J connectivity index is 2.02. The first-order valence-electron chi connectivity index (χ1n) is 6.69. The molecule has 1 N–H and O–H groups in total. The number of benzene rings is 2. The van der Waals surface area contributed by atoms with Gasteiger partial charge in [0.05, 0.1) is 16.4 Å². The fraction of sp³-hybridized carbons (Fsp3) is 0.0714. The van der Waals surface area contributed by atoms with E-state index in [-0.39, 0.29) is 14.9 Å². The molecule has 0 unspecified atom stereocenters. The second kappa shape index (κ2) is 6.39. The van der Waals surface area contributed by atoms with Gasteiger partial charge >= 0.3 is 0 Å². The number of sulfonamides is 1. The van der Waals surface area contributed by atoms with Crippen molar-refractivity contribution in [1.29, 1.82) is 0 Å². The molecule has 0 amide bonds. The molecule has 0 saturated heterocycles. The second-order valence-electron chi connectivity index (χ2n) is 4.88. The van der Waals surface area contributed by atoms with E-state index in [9.17, 15) is 8.42 Å². The molecule has 0 atom stereocenters. The third kappa shape index (κ3) is 3.21. The molecule has 24 heavy (non-hydrogen) atoms. The molecular weight excluding hydrogens is 373 g/mol. The van der Waals surface area contributed by atoms with Gasteiger partial charge in [-0.25, -0.2) is 13.1 Å². The zero-order valence-corrected chi connectivity index (χ0v) is 14.6. The van der Waals surface area contributed by atoms with E-state index < -0.39 is 10.0 Å². The molecule has 1 heterocycles. The second-order valence-corrected chi connectivity index (χ2v) is 7.38. The number of tetrazole rings is 1. The average molecular weight is 384 g/mol. The Labute approximate surface area is 148 Å². The molecule has 0 aliphatic rings. The first kappa shape index (κ1) is 16.7. The van der Waals surface area contributed by atoms with Gasteiger partial charge in [0.15, 0.2) is 0 Å². The molecule has 0 aliphatic carbocycles. The van der Waals surface area contributed by atoms with Crippen molar-refractivity contribution in [1.82, 2.24) is 20.2 Å². The van der Waals surface area contributed by atoms with Crippen molar-refractivity contribution in [3.05, 3.63) is 58.3 Å². The van der Waals surface area contributed by atoms with Gasteiger partial charge in [0.1, 0.15) is 11.2 Å². The summed E-state index contributed by atoms with van der Waals surface area (Å²) < 4.78 is 29.2. The highest BCUT2D eigenvalue weighted by Gasteiger charge is 2.20. The molecule has 0 fully saturated rings. The van der Waals surface area contributed by atoms with Crippen LogP contribution < -0.4 is 4.72 Å². The van der Waals surface area contributed by atoms with Crippen LogP contribution in [0.4, 0.5) is 5.69 Å². The minimum atomic E-state index is -3.90. The Bertz CT molecular complexity index is 990. The lowest BCUT2D eigenvalue weighted by Gasteiger charge is -2.14. The molecule has 2 aromatic carbocycles. The van der Waals surface area contributed by atoms with E-state index in [1.165, 1.54) is 29.2 Å². The first-order valence-corrected chi connectivity index (χ1v) is 8.93. The molecule has 1 aromatic heterocycles. The fourth-order valence-electron chi connectivity index (χ4n) is 2.14. The van der Waals surface area contributed by atoms with E-state index in [1.807, 2.05) is 0 Å². The summed E-state index contributed by atoms with van der Waals surface area (Å²) in [5, 5.41) is 11.3. The SMILES string of the molecule is Cc1c(NS(=O)(=O)c2cc(Cl)ccc2Cl)cccc1-n1cnnn1. The minimum Gasteiger partial charge on any atom is -0.279 e. The Morgan fingerprint density at radius 3 is 2.67 bits per heavy atom. The van der Waals surface area contributed by atoms with Gasteiger partial charge in [-0.2, -0.15) is 0 Å². The molecule has 3 aromatic rings. The van der Waals surface area contributed by atoms with Crippen molar-refractivity contribution in [3.8, 4) is 5.69 Å². The highest BCUT2D eigenvalue weighted by Crippen LogP contribution is 2.29. The summed E-state index contributed by atoms with van der Waals surface area (Å²) in [7, 11) is -3.90. The molecule has 0 radical (unpaired) electrons. The third-order valence-corrected chi connectivity index (χ3v) is 5.41. The lowest BCUT2D eigenvalue weighted by atomic mass is 10.1. The summed E-state index contributed by atoms with van der Waals surface area (Å²) in [5.74, 6) is 0. The molecule has 7 nitrogen and oxygen atoms in total. The van der Waals surface area contributed by atoms with Crippen LogP contribution in [-0.4, -0.2) is 28.6 Å². The van der Waals surface area contributed by atoms with Crippen LogP contribution in [0, 0.1) is 6.92 Å². The number of nitrogens with zero attached hydrogens (tertiary/aromatic N) is 4. The van der Waals surface area contributed by atoms with Crippen LogP contribution in [-0.2, 0) is 10.0 Å². The third-order valence-electron chi connectivity index (χ3n) is 3.33. The van der Waals surface area contributed by atoms with Crippen molar-refractivity contribution in [2.45, 2.75) is 11.8 Å². The topological polar surface area (TPSA) is 89.8 Å². The number of rotatable bonds is 4.